The molecule has 1 heterocycles. The molecule has 3 rings (SSSR count). The van der Waals surface area contributed by atoms with Crippen molar-refractivity contribution < 1.29 is 9.53 Å². The van der Waals surface area contributed by atoms with E-state index in [0.29, 0.717) is 9.23 Å². The highest BCUT2D eigenvalue weighted by Crippen LogP contribution is 2.36. The SMILES string of the molecule is COc1ccc(N2C(=O)/C(=C/c3cccc(Br)c3)SC2=S)cc1. The fourth-order valence-corrected chi connectivity index (χ4v) is 3.89. The number of rotatable bonds is 3. The summed E-state index contributed by atoms with van der Waals surface area (Å²) >= 11 is 10.1. The second-order valence-corrected chi connectivity index (χ2v) is 7.36. The predicted molar refractivity (Wildman–Crippen MR) is 103 cm³/mol. The summed E-state index contributed by atoms with van der Waals surface area (Å²) in [5.41, 5.74) is 1.69. The summed E-state index contributed by atoms with van der Waals surface area (Å²) in [5.74, 6) is 0.633. The highest BCUT2D eigenvalue weighted by atomic mass is 79.9. The molecule has 1 fully saturated rings. The van der Waals surface area contributed by atoms with Gasteiger partial charge in [-0.25, -0.2) is 0 Å². The maximum atomic E-state index is 12.7. The average molecular weight is 406 g/mol. The van der Waals surface area contributed by atoms with Gasteiger partial charge in [-0.15, -0.1) is 0 Å². The van der Waals surface area contributed by atoms with E-state index in [0.717, 1.165) is 21.5 Å². The van der Waals surface area contributed by atoms with Crippen molar-refractivity contribution in [1.29, 1.82) is 0 Å². The van der Waals surface area contributed by atoms with E-state index in [2.05, 4.69) is 15.9 Å². The number of benzene rings is 2. The molecular formula is C17H12BrNO2S2. The number of thiocarbonyl (C=S) groups is 1. The lowest BCUT2D eigenvalue weighted by Gasteiger charge is -2.14. The highest BCUT2D eigenvalue weighted by molar-refractivity contribution is 9.10. The molecule has 116 valence electrons. The van der Waals surface area contributed by atoms with Gasteiger partial charge in [-0.3, -0.25) is 9.69 Å². The van der Waals surface area contributed by atoms with Crippen molar-refractivity contribution in [3.05, 3.63) is 63.5 Å². The Hall–Kier alpha value is -1.63. The zero-order chi connectivity index (χ0) is 16.4. The molecule has 2 aromatic carbocycles. The highest BCUT2D eigenvalue weighted by Gasteiger charge is 2.33. The van der Waals surface area contributed by atoms with Crippen LogP contribution in [0.1, 0.15) is 5.56 Å². The molecule has 1 aliphatic rings. The Morgan fingerprint density at radius 3 is 2.61 bits per heavy atom. The molecule has 1 saturated heterocycles. The minimum absolute atomic E-state index is 0.106. The van der Waals surface area contributed by atoms with Crippen molar-refractivity contribution in [3.8, 4) is 5.75 Å². The molecule has 6 heteroatoms. The van der Waals surface area contributed by atoms with E-state index in [4.69, 9.17) is 17.0 Å². The molecule has 1 aliphatic heterocycles. The molecular weight excluding hydrogens is 394 g/mol. The quantitative estimate of drug-likeness (QED) is 0.538. The van der Waals surface area contributed by atoms with Crippen LogP contribution in [-0.2, 0) is 4.79 Å². The smallest absolute Gasteiger partial charge is 0.270 e. The van der Waals surface area contributed by atoms with Crippen molar-refractivity contribution in [2.24, 2.45) is 0 Å². The van der Waals surface area contributed by atoms with Crippen LogP contribution in [0.3, 0.4) is 0 Å². The van der Waals surface area contributed by atoms with Crippen molar-refractivity contribution in [1.82, 2.24) is 0 Å². The number of amides is 1. The standard InChI is InChI=1S/C17H12BrNO2S2/c1-21-14-7-5-13(6-8-14)19-16(20)15(23-17(19)22)10-11-3-2-4-12(18)9-11/h2-10H,1H3/b15-10-. The Labute approximate surface area is 152 Å². The fourth-order valence-electron chi connectivity index (χ4n) is 2.17. The molecule has 1 amide bonds. The molecule has 0 bridgehead atoms. The van der Waals surface area contributed by atoms with Crippen LogP contribution in [0, 0.1) is 0 Å². The first-order valence-electron chi connectivity index (χ1n) is 6.76. The number of ether oxygens (including phenoxy) is 1. The van der Waals surface area contributed by atoms with Crippen LogP contribution in [0.5, 0.6) is 5.75 Å². The van der Waals surface area contributed by atoms with Crippen molar-refractivity contribution in [2.45, 2.75) is 0 Å². The Balaban J connectivity index is 1.90. The summed E-state index contributed by atoms with van der Waals surface area (Å²) in [5, 5.41) is 0. The monoisotopic (exact) mass is 405 g/mol. The Bertz CT molecular complexity index is 802. The minimum Gasteiger partial charge on any atom is -0.497 e. The van der Waals surface area contributed by atoms with Crippen molar-refractivity contribution >= 4 is 61.9 Å². The van der Waals surface area contributed by atoms with Gasteiger partial charge in [0.25, 0.3) is 5.91 Å². The molecule has 0 aliphatic carbocycles. The zero-order valence-electron chi connectivity index (χ0n) is 12.2. The Morgan fingerprint density at radius 2 is 1.96 bits per heavy atom. The van der Waals surface area contributed by atoms with Gasteiger partial charge in [-0.05, 0) is 48.0 Å². The number of halogens is 1. The van der Waals surface area contributed by atoms with Gasteiger partial charge in [-0.2, -0.15) is 0 Å². The van der Waals surface area contributed by atoms with Crippen LogP contribution in [0.4, 0.5) is 5.69 Å². The maximum absolute atomic E-state index is 12.7. The second kappa shape index (κ2) is 6.86. The summed E-state index contributed by atoms with van der Waals surface area (Å²) in [4.78, 5) is 14.8. The number of carbonyl (C=O) groups is 1. The second-order valence-electron chi connectivity index (χ2n) is 4.77. The van der Waals surface area contributed by atoms with E-state index >= 15 is 0 Å². The van der Waals surface area contributed by atoms with Crippen LogP contribution in [-0.4, -0.2) is 17.3 Å². The molecule has 0 N–H and O–H groups in total. The van der Waals surface area contributed by atoms with E-state index in [9.17, 15) is 4.79 Å². The first-order valence-corrected chi connectivity index (χ1v) is 8.78. The summed E-state index contributed by atoms with van der Waals surface area (Å²) in [7, 11) is 1.61. The Morgan fingerprint density at radius 1 is 1.22 bits per heavy atom. The number of carbonyl (C=O) groups excluding carboxylic acids is 1. The lowest BCUT2D eigenvalue weighted by atomic mass is 10.2. The number of hydrogen-bond donors (Lipinski definition) is 0. The van der Waals surface area contributed by atoms with Crippen LogP contribution in [0.15, 0.2) is 57.9 Å². The van der Waals surface area contributed by atoms with Gasteiger partial charge in [0, 0.05) is 4.47 Å². The Kier molecular flexibility index (Phi) is 4.84. The first-order chi connectivity index (χ1) is 11.1. The summed E-state index contributed by atoms with van der Waals surface area (Å²) < 4.78 is 6.64. The number of nitrogens with zero attached hydrogens (tertiary/aromatic N) is 1. The molecule has 2 aromatic rings. The summed E-state index contributed by atoms with van der Waals surface area (Å²) in [6.45, 7) is 0. The zero-order valence-corrected chi connectivity index (χ0v) is 15.4. The van der Waals surface area contributed by atoms with Crippen LogP contribution in [0.2, 0.25) is 0 Å². The van der Waals surface area contributed by atoms with Gasteiger partial charge < -0.3 is 4.74 Å². The van der Waals surface area contributed by atoms with Crippen LogP contribution in [0.25, 0.3) is 6.08 Å². The topological polar surface area (TPSA) is 29.5 Å². The third-order valence-corrected chi connectivity index (χ3v) is 5.07. The van der Waals surface area contributed by atoms with E-state index < -0.39 is 0 Å². The summed E-state index contributed by atoms with van der Waals surface area (Å²) in [6, 6.07) is 15.1. The molecule has 0 spiro atoms. The van der Waals surface area contributed by atoms with Crippen molar-refractivity contribution in [3.63, 3.8) is 0 Å². The minimum atomic E-state index is -0.106. The number of hydrogen-bond acceptors (Lipinski definition) is 4. The molecule has 0 atom stereocenters. The molecule has 23 heavy (non-hydrogen) atoms. The molecule has 0 saturated carbocycles. The number of anilines is 1. The van der Waals surface area contributed by atoms with Gasteiger partial charge in [-0.1, -0.05) is 52.0 Å². The lowest BCUT2D eigenvalue weighted by molar-refractivity contribution is -0.113. The lowest BCUT2D eigenvalue weighted by Crippen LogP contribution is -2.27. The number of methoxy groups -OCH3 is 1. The average Bonchev–Trinajstić information content (AvgIpc) is 2.81. The third kappa shape index (κ3) is 3.49. The van der Waals surface area contributed by atoms with Gasteiger partial charge in [0.05, 0.1) is 17.7 Å². The van der Waals surface area contributed by atoms with Crippen LogP contribution >= 0.6 is 39.9 Å². The van der Waals surface area contributed by atoms with Gasteiger partial charge in [0.15, 0.2) is 4.32 Å². The van der Waals surface area contributed by atoms with Gasteiger partial charge in [0.1, 0.15) is 5.75 Å². The van der Waals surface area contributed by atoms with Crippen molar-refractivity contribution in [2.75, 3.05) is 12.0 Å². The van der Waals surface area contributed by atoms with Gasteiger partial charge >= 0.3 is 0 Å². The number of thioether (sulfide) groups is 1. The predicted octanol–water partition coefficient (Wildman–Crippen LogP) is 4.86. The van der Waals surface area contributed by atoms with E-state index in [1.165, 1.54) is 11.8 Å². The first kappa shape index (κ1) is 16.2. The maximum Gasteiger partial charge on any atom is 0.270 e. The molecule has 0 unspecified atom stereocenters. The third-order valence-electron chi connectivity index (χ3n) is 3.27. The fraction of sp³-hybridized carbons (Fsp3) is 0.0588. The molecule has 0 aromatic heterocycles. The van der Waals surface area contributed by atoms with Gasteiger partial charge in [0.2, 0.25) is 0 Å². The molecule has 0 radical (unpaired) electrons. The van der Waals surface area contributed by atoms with E-state index in [-0.39, 0.29) is 5.91 Å². The molecule has 3 nitrogen and oxygen atoms in total. The largest absolute Gasteiger partial charge is 0.497 e. The van der Waals surface area contributed by atoms with E-state index in [1.54, 1.807) is 12.0 Å². The summed E-state index contributed by atoms with van der Waals surface area (Å²) in [6.07, 6.45) is 1.85. The normalized spacial score (nSPS) is 16.3. The van der Waals surface area contributed by atoms with E-state index in [1.807, 2.05) is 54.6 Å². The van der Waals surface area contributed by atoms with Crippen LogP contribution < -0.4 is 9.64 Å².